The van der Waals surface area contributed by atoms with E-state index in [-0.39, 0.29) is 0 Å². The topological polar surface area (TPSA) is 33.1 Å². The number of aromatic nitrogens is 2. The zero-order valence-corrected chi connectivity index (χ0v) is 12.1. The standard InChI is InChI=1S/C13H22N4S/c1-10-12(9-14-11-3-4-11)13(16(2)15-10)17-5-7-18-8-6-17/h11,14H,3-9H2,1-2H3. The van der Waals surface area contributed by atoms with Crippen LogP contribution >= 0.6 is 11.8 Å². The molecule has 18 heavy (non-hydrogen) atoms. The molecule has 1 aliphatic carbocycles. The fourth-order valence-corrected chi connectivity index (χ4v) is 3.50. The number of rotatable bonds is 4. The summed E-state index contributed by atoms with van der Waals surface area (Å²) in [5.74, 6) is 3.81. The van der Waals surface area contributed by atoms with Crippen molar-refractivity contribution in [3.8, 4) is 0 Å². The third-order valence-electron chi connectivity index (χ3n) is 3.77. The second kappa shape index (κ2) is 5.13. The Morgan fingerprint density at radius 1 is 1.33 bits per heavy atom. The van der Waals surface area contributed by atoms with Gasteiger partial charge in [0.1, 0.15) is 5.82 Å². The summed E-state index contributed by atoms with van der Waals surface area (Å²) in [6.07, 6.45) is 2.68. The molecule has 0 amide bonds. The molecule has 0 spiro atoms. The second-order valence-electron chi connectivity index (χ2n) is 5.27. The molecule has 1 aromatic rings. The van der Waals surface area contributed by atoms with Crippen molar-refractivity contribution < 1.29 is 0 Å². The molecule has 2 aliphatic rings. The first-order chi connectivity index (χ1) is 8.75. The van der Waals surface area contributed by atoms with E-state index in [1.54, 1.807) is 0 Å². The van der Waals surface area contributed by atoms with Crippen LogP contribution in [0.25, 0.3) is 0 Å². The highest BCUT2D eigenvalue weighted by atomic mass is 32.2. The van der Waals surface area contributed by atoms with Crippen LogP contribution in [0.15, 0.2) is 0 Å². The Bertz CT molecular complexity index is 419. The van der Waals surface area contributed by atoms with Crippen LogP contribution in [0.1, 0.15) is 24.1 Å². The quantitative estimate of drug-likeness (QED) is 0.896. The lowest BCUT2D eigenvalue weighted by molar-refractivity contribution is 0.676. The molecule has 0 radical (unpaired) electrons. The van der Waals surface area contributed by atoms with Crippen molar-refractivity contribution >= 4 is 17.6 Å². The van der Waals surface area contributed by atoms with Crippen molar-refractivity contribution in [1.29, 1.82) is 0 Å². The fourth-order valence-electron chi connectivity index (χ4n) is 2.60. The first-order valence-corrected chi connectivity index (χ1v) is 7.99. The Morgan fingerprint density at radius 3 is 2.72 bits per heavy atom. The van der Waals surface area contributed by atoms with Gasteiger partial charge in [0, 0.05) is 49.8 Å². The van der Waals surface area contributed by atoms with Gasteiger partial charge in [-0.15, -0.1) is 0 Å². The first kappa shape index (κ1) is 12.4. The minimum absolute atomic E-state index is 0.759. The van der Waals surface area contributed by atoms with Gasteiger partial charge < -0.3 is 10.2 Å². The number of nitrogens with one attached hydrogen (secondary N) is 1. The molecule has 1 aromatic heterocycles. The molecule has 0 aromatic carbocycles. The number of thioether (sulfide) groups is 1. The zero-order valence-electron chi connectivity index (χ0n) is 11.3. The number of anilines is 1. The van der Waals surface area contributed by atoms with Gasteiger partial charge in [-0.3, -0.25) is 4.68 Å². The molecule has 3 rings (SSSR count). The van der Waals surface area contributed by atoms with Crippen LogP contribution in [-0.2, 0) is 13.6 Å². The van der Waals surface area contributed by atoms with E-state index >= 15 is 0 Å². The SMILES string of the molecule is Cc1nn(C)c(N2CCSCC2)c1CNC1CC1. The molecule has 2 heterocycles. The minimum Gasteiger partial charge on any atom is -0.355 e. The third-order valence-corrected chi connectivity index (χ3v) is 4.71. The lowest BCUT2D eigenvalue weighted by Crippen LogP contribution is -2.35. The molecule has 0 atom stereocenters. The van der Waals surface area contributed by atoms with Crippen molar-refractivity contribution in [3.05, 3.63) is 11.3 Å². The number of hydrogen-bond donors (Lipinski definition) is 1. The van der Waals surface area contributed by atoms with Crippen LogP contribution < -0.4 is 10.2 Å². The summed E-state index contributed by atoms with van der Waals surface area (Å²) in [4.78, 5) is 2.50. The Labute approximate surface area is 113 Å². The van der Waals surface area contributed by atoms with Crippen molar-refractivity contribution in [2.45, 2.75) is 32.4 Å². The Morgan fingerprint density at radius 2 is 2.06 bits per heavy atom. The molecule has 1 saturated carbocycles. The normalized spacial score (nSPS) is 20.4. The van der Waals surface area contributed by atoms with Gasteiger partial charge in [0.05, 0.1) is 5.69 Å². The molecule has 2 fully saturated rings. The van der Waals surface area contributed by atoms with Gasteiger partial charge in [-0.2, -0.15) is 16.9 Å². The maximum Gasteiger partial charge on any atom is 0.131 e. The van der Waals surface area contributed by atoms with Crippen LogP contribution in [-0.4, -0.2) is 40.4 Å². The highest BCUT2D eigenvalue weighted by Crippen LogP contribution is 2.27. The fraction of sp³-hybridized carbons (Fsp3) is 0.769. The highest BCUT2D eigenvalue weighted by molar-refractivity contribution is 7.99. The molecule has 100 valence electrons. The largest absolute Gasteiger partial charge is 0.355 e. The summed E-state index contributed by atoms with van der Waals surface area (Å²) in [7, 11) is 2.07. The Hall–Kier alpha value is -0.680. The van der Waals surface area contributed by atoms with E-state index in [1.807, 2.05) is 0 Å². The summed E-state index contributed by atoms with van der Waals surface area (Å²) in [5, 5.41) is 8.23. The van der Waals surface area contributed by atoms with Crippen molar-refractivity contribution in [2.24, 2.45) is 7.05 Å². The average molecular weight is 266 g/mol. The van der Waals surface area contributed by atoms with Gasteiger partial charge >= 0.3 is 0 Å². The predicted molar refractivity (Wildman–Crippen MR) is 77.3 cm³/mol. The highest BCUT2D eigenvalue weighted by Gasteiger charge is 2.24. The summed E-state index contributed by atoms with van der Waals surface area (Å²) in [5.41, 5.74) is 2.58. The summed E-state index contributed by atoms with van der Waals surface area (Å²) < 4.78 is 2.06. The molecule has 1 aliphatic heterocycles. The van der Waals surface area contributed by atoms with E-state index in [0.717, 1.165) is 25.7 Å². The molecule has 4 nitrogen and oxygen atoms in total. The van der Waals surface area contributed by atoms with Gasteiger partial charge in [-0.25, -0.2) is 0 Å². The lowest BCUT2D eigenvalue weighted by atomic mass is 10.2. The van der Waals surface area contributed by atoms with Crippen LogP contribution in [0.4, 0.5) is 5.82 Å². The van der Waals surface area contributed by atoms with Gasteiger partial charge in [-0.1, -0.05) is 0 Å². The monoisotopic (exact) mass is 266 g/mol. The van der Waals surface area contributed by atoms with Crippen molar-refractivity contribution in [1.82, 2.24) is 15.1 Å². The summed E-state index contributed by atoms with van der Waals surface area (Å²) in [6, 6.07) is 0.759. The van der Waals surface area contributed by atoms with Gasteiger partial charge in [0.25, 0.3) is 0 Å². The van der Waals surface area contributed by atoms with Crippen molar-refractivity contribution in [3.63, 3.8) is 0 Å². The van der Waals surface area contributed by atoms with Crippen LogP contribution in [0.3, 0.4) is 0 Å². The first-order valence-electron chi connectivity index (χ1n) is 6.84. The summed E-state index contributed by atoms with van der Waals surface area (Å²) >= 11 is 2.05. The zero-order chi connectivity index (χ0) is 12.5. The van der Waals surface area contributed by atoms with Crippen molar-refractivity contribution in [2.75, 3.05) is 29.5 Å². The van der Waals surface area contributed by atoms with Gasteiger partial charge in [-0.05, 0) is 19.8 Å². The predicted octanol–water partition coefficient (Wildman–Crippen LogP) is 1.53. The third kappa shape index (κ3) is 2.52. The van der Waals surface area contributed by atoms with Gasteiger partial charge in [0.2, 0.25) is 0 Å². The molecule has 0 unspecified atom stereocenters. The molecule has 5 heteroatoms. The molecule has 1 N–H and O–H groups in total. The minimum atomic E-state index is 0.759. The van der Waals surface area contributed by atoms with Crippen LogP contribution in [0.2, 0.25) is 0 Å². The molecule has 1 saturated heterocycles. The number of nitrogens with zero attached hydrogens (tertiary/aromatic N) is 3. The van der Waals surface area contributed by atoms with Crippen LogP contribution in [0, 0.1) is 6.92 Å². The summed E-state index contributed by atoms with van der Waals surface area (Å²) in [6.45, 7) is 5.41. The molecular weight excluding hydrogens is 244 g/mol. The van der Waals surface area contributed by atoms with E-state index < -0.39 is 0 Å². The van der Waals surface area contributed by atoms with E-state index in [4.69, 9.17) is 0 Å². The van der Waals surface area contributed by atoms with E-state index in [2.05, 4.69) is 45.7 Å². The van der Waals surface area contributed by atoms with Gasteiger partial charge in [0.15, 0.2) is 0 Å². The second-order valence-corrected chi connectivity index (χ2v) is 6.49. The number of hydrogen-bond acceptors (Lipinski definition) is 4. The number of aryl methyl sites for hydroxylation is 2. The van der Waals surface area contributed by atoms with E-state index in [9.17, 15) is 0 Å². The molecular formula is C13H22N4S. The lowest BCUT2D eigenvalue weighted by Gasteiger charge is -2.29. The Balaban J connectivity index is 1.80. The van der Waals surface area contributed by atoms with E-state index in [1.165, 1.54) is 41.4 Å². The maximum absolute atomic E-state index is 4.61. The Kier molecular flexibility index (Phi) is 3.52. The van der Waals surface area contributed by atoms with Crippen LogP contribution in [0.5, 0.6) is 0 Å². The smallest absolute Gasteiger partial charge is 0.131 e. The maximum atomic E-state index is 4.61. The van der Waals surface area contributed by atoms with E-state index in [0.29, 0.717) is 0 Å². The average Bonchev–Trinajstić information content (AvgIpc) is 3.14. The molecule has 0 bridgehead atoms.